The lowest BCUT2D eigenvalue weighted by Gasteiger charge is -2.41. The second-order valence-corrected chi connectivity index (χ2v) is 6.81. The van der Waals surface area contributed by atoms with Gasteiger partial charge < -0.3 is 10.1 Å². The molecule has 0 amide bonds. The minimum atomic E-state index is 0.175. The van der Waals surface area contributed by atoms with E-state index in [2.05, 4.69) is 68.2 Å². The lowest BCUT2D eigenvalue weighted by atomic mass is 9.79. The van der Waals surface area contributed by atoms with E-state index in [1.807, 2.05) is 0 Å². The molecule has 0 aromatic heterocycles. The Bertz CT molecular complexity index is 418. The lowest BCUT2D eigenvalue weighted by Crippen LogP contribution is -2.48. The third-order valence-corrected chi connectivity index (χ3v) is 4.28. The maximum atomic E-state index is 5.66. The molecular formula is C18H30N2O. The van der Waals surface area contributed by atoms with E-state index in [4.69, 9.17) is 4.74 Å². The summed E-state index contributed by atoms with van der Waals surface area (Å²) in [5.74, 6) is 0. The van der Waals surface area contributed by atoms with E-state index in [9.17, 15) is 0 Å². The van der Waals surface area contributed by atoms with Gasteiger partial charge in [0.25, 0.3) is 0 Å². The third kappa shape index (κ3) is 4.53. The van der Waals surface area contributed by atoms with Crippen LogP contribution in [0.2, 0.25) is 0 Å². The Balaban J connectivity index is 2.10. The van der Waals surface area contributed by atoms with E-state index in [-0.39, 0.29) is 5.41 Å². The zero-order valence-corrected chi connectivity index (χ0v) is 13.9. The smallest absolute Gasteiger partial charge is 0.0674 e. The minimum Gasteiger partial charge on any atom is -0.376 e. The summed E-state index contributed by atoms with van der Waals surface area (Å²) in [6.07, 6.45) is 0.351. The molecule has 2 rings (SSSR count). The summed E-state index contributed by atoms with van der Waals surface area (Å²) in [7, 11) is 0. The summed E-state index contributed by atoms with van der Waals surface area (Å²) in [6, 6.07) is 11.2. The Kier molecular flexibility index (Phi) is 5.80. The van der Waals surface area contributed by atoms with Crippen LogP contribution in [0.4, 0.5) is 0 Å². The van der Waals surface area contributed by atoms with Crippen molar-refractivity contribution in [2.75, 3.05) is 32.8 Å². The average Bonchev–Trinajstić information content (AvgIpc) is 2.45. The summed E-state index contributed by atoms with van der Waals surface area (Å²) in [6.45, 7) is 14.1. The maximum Gasteiger partial charge on any atom is 0.0674 e. The highest BCUT2D eigenvalue weighted by Gasteiger charge is 2.33. The van der Waals surface area contributed by atoms with E-state index in [0.29, 0.717) is 12.1 Å². The second-order valence-electron chi connectivity index (χ2n) is 6.81. The zero-order chi connectivity index (χ0) is 15.3. The highest BCUT2D eigenvalue weighted by atomic mass is 16.5. The van der Waals surface area contributed by atoms with E-state index >= 15 is 0 Å². The molecule has 1 fully saturated rings. The Morgan fingerprint density at radius 3 is 2.67 bits per heavy atom. The van der Waals surface area contributed by atoms with Gasteiger partial charge in [-0.1, -0.05) is 51.1 Å². The van der Waals surface area contributed by atoms with Crippen LogP contribution >= 0.6 is 0 Å². The average molecular weight is 290 g/mol. The number of hydrogen-bond acceptors (Lipinski definition) is 3. The van der Waals surface area contributed by atoms with Gasteiger partial charge in [0.2, 0.25) is 0 Å². The van der Waals surface area contributed by atoms with Crippen molar-refractivity contribution in [1.29, 1.82) is 0 Å². The molecule has 3 heteroatoms. The molecule has 1 N–H and O–H groups in total. The number of morpholine rings is 1. The van der Waals surface area contributed by atoms with Crippen molar-refractivity contribution >= 4 is 0 Å². The van der Waals surface area contributed by atoms with Crippen LogP contribution in [0.5, 0.6) is 0 Å². The molecule has 1 aromatic rings. The number of hydrogen-bond donors (Lipinski definition) is 1. The summed E-state index contributed by atoms with van der Waals surface area (Å²) in [4.78, 5) is 2.54. The first-order valence-electron chi connectivity index (χ1n) is 8.15. The van der Waals surface area contributed by atoms with Gasteiger partial charge >= 0.3 is 0 Å². The predicted molar refractivity (Wildman–Crippen MR) is 88.5 cm³/mol. The van der Waals surface area contributed by atoms with E-state index in [1.54, 1.807) is 0 Å². The van der Waals surface area contributed by atoms with Gasteiger partial charge in [-0.15, -0.1) is 0 Å². The van der Waals surface area contributed by atoms with E-state index in [1.165, 1.54) is 5.56 Å². The van der Waals surface area contributed by atoms with Crippen LogP contribution in [0, 0.1) is 5.41 Å². The van der Waals surface area contributed by atoms with Gasteiger partial charge in [-0.3, -0.25) is 4.90 Å². The summed E-state index contributed by atoms with van der Waals surface area (Å²) in [5, 5.41) is 3.68. The molecule has 1 aromatic carbocycles. The first kappa shape index (κ1) is 16.5. The number of nitrogens with one attached hydrogen (secondary N) is 1. The molecule has 0 bridgehead atoms. The molecule has 1 aliphatic rings. The lowest BCUT2D eigenvalue weighted by molar-refractivity contribution is -0.0327. The fourth-order valence-corrected chi connectivity index (χ4v) is 3.40. The van der Waals surface area contributed by atoms with Gasteiger partial charge in [0.05, 0.1) is 12.7 Å². The molecule has 2 unspecified atom stereocenters. The predicted octanol–water partition coefficient (Wildman–Crippen LogP) is 3.08. The SMILES string of the molecule is CCNC(c1ccccc1)C(C)(C)CN1CCOC(C)C1. The van der Waals surface area contributed by atoms with Gasteiger partial charge in [0.1, 0.15) is 0 Å². The number of ether oxygens (including phenoxy) is 1. The highest BCUT2D eigenvalue weighted by Crippen LogP contribution is 2.34. The molecule has 3 nitrogen and oxygen atoms in total. The van der Waals surface area contributed by atoms with Crippen LogP contribution in [0.1, 0.15) is 39.3 Å². The van der Waals surface area contributed by atoms with Gasteiger partial charge in [0.15, 0.2) is 0 Å². The molecule has 0 aliphatic carbocycles. The first-order valence-corrected chi connectivity index (χ1v) is 8.15. The quantitative estimate of drug-likeness (QED) is 0.871. The molecule has 1 aliphatic heterocycles. The van der Waals surface area contributed by atoms with Crippen LogP contribution in [-0.2, 0) is 4.74 Å². The van der Waals surface area contributed by atoms with Crippen LogP contribution < -0.4 is 5.32 Å². The molecule has 1 heterocycles. The van der Waals surface area contributed by atoms with Gasteiger partial charge in [-0.2, -0.15) is 0 Å². The summed E-state index contributed by atoms with van der Waals surface area (Å²) in [5.41, 5.74) is 1.56. The first-order chi connectivity index (χ1) is 10.0. The van der Waals surface area contributed by atoms with Gasteiger partial charge in [0, 0.05) is 25.7 Å². The van der Waals surface area contributed by atoms with Crippen molar-refractivity contribution < 1.29 is 4.74 Å². The fourth-order valence-electron chi connectivity index (χ4n) is 3.40. The molecule has 118 valence electrons. The fraction of sp³-hybridized carbons (Fsp3) is 0.667. The van der Waals surface area contributed by atoms with Crippen molar-refractivity contribution in [3.05, 3.63) is 35.9 Å². The maximum absolute atomic E-state index is 5.66. The zero-order valence-electron chi connectivity index (χ0n) is 13.9. The van der Waals surface area contributed by atoms with Crippen molar-refractivity contribution in [3.63, 3.8) is 0 Å². The molecule has 0 radical (unpaired) electrons. The Hall–Kier alpha value is -0.900. The van der Waals surface area contributed by atoms with Crippen molar-refractivity contribution in [2.45, 2.75) is 39.8 Å². The highest BCUT2D eigenvalue weighted by molar-refractivity contribution is 5.21. The van der Waals surface area contributed by atoms with Gasteiger partial charge in [-0.25, -0.2) is 0 Å². The molecule has 21 heavy (non-hydrogen) atoms. The largest absolute Gasteiger partial charge is 0.376 e. The Labute approximate surface area is 129 Å². The molecule has 0 saturated carbocycles. The van der Waals surface area contributed by atoms with Crippen LogP contribution in [0.25, 0.3) is 0 Å². The molecular weight excluding hydrogens is 260 g/mol. The van der Waals surface area contributed by atoms with Crippen molar-refractivity contribution in [2.24, 2.45) is 5.41 Å². The molecule has 0 spiro atoms. The second kappa shape index (κ2) is 7.39. The van der Waals surface area contributed by atoms with Crippen molar-refractivity contribution in [3.8, 4) is 0 Å². The van der Waals surface area contributed by atoms with Gasteiger partial charge in [-0.05, 0) is 24.4 Å². The van der Waals surface area contributed by atoms with Crippen LogP contribution in [-0.4, -0.2) is 43.8 Å². The van der Waals surface area contributed by atoms with E-state index < -0.39 is 0 Å². The molecule has 1 saturated heterocycles. The normalized spacial score (nSPS) is 22.2. The molecule has 2 atom stereocenters. The standard InChI is InChI=1S/C18H30N2O/c1-5-19-17(16-9-7-6-8-10-16)18(3,4)14-20-11-12-21-15(2)13-20/h6-10,15,17,19H,5,11-14H2,1-4H3. The minimum absolute atomic E-state index is 0.175. The van der Waals surface area contributed by atoms with Crippen LogP contribution in [0.3, 0.4) is 0 Å². The topological polar surface area (TPSA) is 24.5 Å². The Morgan fingerprint density at radius 1 is 1.33 bits per heavy atom. The number of benzene rings is 1. The third-order valence-electron chi connectivity index (χ3n) is 4.28. The van der Waals surface area contributed by atoms with Crippen LogP contribution in [0.15, 0.2) is 30.3 Å². The summed E-state index contributed by atoms with van der Waals surface area (Å²) < 4.78 is 5.66. The Morgan fingerprint density at radius 2 is 2.05 bits per heavy atom. The summed E-state index contributed by atoms with van der Waals surface area (Å²) >= 11 is 0. The van der Waals surface area contributed by atoms with Crippen molar-refractivity contribution in [1.82, 2.24) is 10.2 Å². The monoisotopic (exact) mass is 290 g/mol. The number of nitrogens with zero attached hydrogens (tertiary/aromatic N) is 1. The van der Waals surface area contributed by atoms with E-state index in [0.717, 1.165) is 32.8 Å². The number of rotatable bonds is 6.